The lowest BCUT2D eigenvalue weighted by molar-refractivity contribution is -0.137. The van der Waals surface area contributed by atoms with E-state index in [0.29, 0.717) is 6.42 Å². The van der Waals surface area contributed by atoms with Crippen molar-refractivity contribution < 1.29 is 19.8 Å². The molecule has 0 saturated heterocycles. The van der Waals surface area contributed by atoms with Gasteiger partial charge in [-0.05, 0) is 59.6 Å². The molecule has 32 heavy (non-hydrogen) atoms. The molecule has 0 bridgehead atoms. The number of carboxylic acid groups (broad SMARTS) is 2. The second-order valence-electron chi connectivity index (χ2n) is 7.92. The smallest absolute Gasteiger partial charge is 0.335 e. The molecule has 1 unspecified atom stereocenters. The zero-order chi connectivity index (χ0) is 22.8. The maximum absolute atomic E-state index is 11.1. The zero-order valence-corrected chi connectivity index (χ0v) is 18.0. The van der Waals surface area contributed by atoms with Crippen LogP contribution in [-0.2, 0) is 11.2 Å². The number of carboxylic acids is 2. The molecule has 0 radical (unpaired) electrons. The molecule has 0 fully saturated rings. The quantitative estimate of drug-likeness (QED) is 0.339. The maximum atomic E-state index is 11.1. The van der Waals surface area contributed by atoms with E-state index in [9.17, 15) is 9.59 Å². The number of unbranched alkanes of at least 4 members (excludes halogenated alkanes) is 1. The predicted octanol–water partition coefficient (Wildman–Crippen LogP) is 6.57. The minimum absolute atomic E-state index is 0.181. The number of aliphatic carboxylic acids is 1. The van der Waals surface area contributed by atoms with Crippen LogP contribution in [0.1, 0.15) is 47.2 Å². The normalized spacial score (nSPS) is 12.0. The van der Waals surface area contributed by atoms with Crippen molar-refractivity contribution in [2.24, 2.45) is 5.92 Å². The van der Waals surface area contributed by atoms with Crippen molar-refractivity contribution in [1.82, 2.24) is 0 Å². The highest BCUT2D eigenvalue weighted by Crippen LogP contribution is 2.26. The first-order valence-electron chi connectivity index (χ1n) is 10.9. The van der Waals surface area contributed by atoms with Gasteiger partial charge in [0, 0.05) is 6.42 Å². The molecular formula is C28H28O4. The van der Waals surface area contributed by atoms with Crippen molar-refractivity contribution >= 4 is 18.0 Å². The van der Waals surface area contributed by atoms with Crippen LogP contribution in [0.4, 0.5) is 0 Å². The molecule has 3 aromatic rings. The summed E-state index contributed by atoms with van der Waals surface area (Å²) in [6.45, 7) is 0. The summed E-state index contributed by atoms with van der Waals surface area (Å²) < 4.78 is 0. The van der Waals surface area contributed by atoms with Crippen molar-refractivity contribution in [3.63, 3.8) is 0 Å². The van der Waals surface area contributed by atoms with Crippen LogP contribution in [0.2, 0.25) is 0 Å². The van der Waals surface area contributed by atoms with Gasteiger partial charge in [-0.2, -0.15) is 0 Å². The molecule has 1 atom stereocenters. The van der Waals surface area contributed by atoms with Crippen LogP contribution in [0, 0.1) is 5.92 Å². The highest BCUT2D eigenvalue weighted by molar-refractivity contribution is 5.87. The Morgan fingerprint density at radius 2 is 1.50 bits per heavy atom. The van der Waals surface area contributed by atoms with Crippen LogP contribution in [0.25, 0.3) is 17.2 Å². The first kappa shape index (κ1) is 23.0. The Bertz CT molecular complexity index is 1050. The first-order chi connectivity index (χ1) is 15.5. The lowest BCUT2D eigenvalue weighted by atomic mass is 9.91. The minimum atomic E-state index is -0.931. The fraction of sp³-hybridized carbons (Fsp3) is 0.214. The summed E-state index contributed by atoms with van der Waals surface area (Å²) in [7, 11) is 0. The van der Waals surface area contributed by atoms with E-state index in [1.54, 1.807) is 12.1 Å². The number of aromatic carboxylic acids is 1. The highest BCUT2D eigenvalue weighted by Gasteiger charge is 2.10. The maximum Gasteiger partial charge on any atom is 0.335 e. The molecule has 2 N–H and O–H groups in total. The Kier molecular flexibility index (Phi) is 8.38. The molecule has 3 aromatic carbocycles. The molecule has 164 valence electrons. The summed E-state index contributed by atoms with van der Waals surface area (Å²) in [6, 6.07) is 25.5. The van der Waals surface area contributed by atoms with Gasteiger partial charge in [-0.25, -0.2) is 4.79 Å². The van der Waals surface area contributed by atoms with Gasteiger partial charge < -0.3 is 10.2 Å². The summed E-state index contributed by atoms with van der Waals surface area (Å²) in [6.07, 6.45) is 7.66. The zero-order valence-electron chi connectivity index (χ0n) is 18.0. The fourth-order valence-corrected chi connectivity index (χ4v) is 3.80. The minimum Gasteiger partial charge on any atom is -0.481 e. The average Bonchev–Trinajstić information content (AvgIpc) is 2.81. The van der Waals surface area contributed by atoms with E-state index in [-0.39, 0.29) is 17.9 Å². The number of rotatable bonds is 11. The summed E-state index contributed by atoms with van der Waals surface area (Å²) >= 11 is 0. The van der Waals surface area contributed by atoms with Crippen LogP contribution in [0.3, 0.4) is 0 Å². The van der Waals surface area contributed by atoms with E-state index in [2.05, 4.69) is 36.4 Å². The van der Waals surface area contributed by atoms with Gasteiger partial charge in [-0.15, -0.1) is 0 Å². The van der Waals surface area contributed by atoms with Crippen molar-refractivity contribution in [1.29, 1.82) is 0 Å². The van der Waals surface area contributed by atoms with Crippen LogP contribution >= 0.6 is 0 Å². The molecule has 0 aromatic heterocycles. The standard InChI is InChI=1S/C28H28O4/c29-27(30)13-7-4-8-21(20-22-15-18-25(19-16-22)28(31)32)14-17-24-11-5-6-12-26(24)23-9-2-1-3-10-23/h1-3,5-6,9-12,14-19,21H,4,7-8,13,20H2,(H,29,30)(H,31,32)/b17-14+. The van der Waals surface area contributed by atoms with E-state index in [1.165, 1.54) is 5.56 Å². The third-order valence-corrected chi connectivity index (χ3v) is 5.51. The van der Waals surface area contributed by atoms with Gasteiger partial charge in [-0.3, -0.25) is 4.79 Å². The number of hydrogen-bond donors (Lipinski definition) is 2. The molecule has 4 nitrogen and oxygen atoms in total. The summed E-state index contributed by atoms with van der Waals surface area (Å²) in [4.78, 5) is 22.0. The van der Waals surface area contributed by atoms with E-state index in [4.69, 9.17) is 10.2 Å². The molecular weight excluding hydrogens is 400 g/mol. The monoisotopic (exact) mass is 428 g/mol. The second-order valence-corrected chi connectivity index (χ2v) is 7.92. The Hall–Kier alpha value is -3.66. The Labute approximate surface area is 188 Å². The predicted molar refractivity (Wildman–Crippen MR) is 128 cm³/mol. The van der Waals surface area contributed by atoms with Gasteiger partial charge in [-0.1, -0.05) is 85.3 Å². The van der Waals surface area contributed by atoms with Crippen LogP contribution in [-0.4, -0.2) is 22.2 Å². The van der Waals surface area contributed by atoms with Gasteiger partial charge in [0.15, 0.2) is 0 Å². The van der Waals surface area contributed by atoms with Crippen molar-refractivity contribution in [2.75, 3.05) is 0 Å². The Morgan fingerprint density at radius 3 is 2.19 bits per heavy atom. The topological polar surface area (TPSA) is 74.6 Å². The van der Waals surface area contributed by atoms with Gasteiger partial charge >= 0.3 is 11.9 Å². The molecule has 0 spiro atoms. The van der Waals surface area contributed by atoms with E-state index >= 15 is 0 Å². The van der Waals surface area contributed by atoms with E-state index in [1.807, 2.05) is 42.5 Å². The van der Waals surface area contributed by atoms with E-state index in [0.717, 1.165) is 36.0 Å². The van der Waals surface area contributed by atoms with Crippen LogP contribution in [0.5, 0.6) is 0 Å². The SMILES string of the molecule is O=C(O)CCCCC(/C=C/c1ccccc1-c1ccccc1)Cc1ccc(C(=O)O)cc1. The van der Waals surface area contributed by atoms with Gasteiger partial charge in [0.25, 0.3) is 0 Å². The number of allylic oxidation sites excluding steroid dienone is 1. The molecule has 0 saturated carbocycles. The highest BCUT2D eigenvalue weighted by atomic mass is 16.4. The molecule has 4 heteroatoms. The third-order valence-electron chi connectivity index (χ3n) is 5.51. The van der Waals surface area contributed by atoms with Crippen molar-refractivity contribution in [3.8, 4) is 11.1 Å². The number of carbonyl (C=O) groups is 2. The van der Waals surface area contributed by atoms with Crippen LogP contribution in [0.15, 0.2) is 84.9 Å². The molecule has 0 aliphatic carbocycles. The molecule has 0 aliphatic heterocycles. The van der Waals surface area contributed by atoms with Crippen molar-refractivity contribution in [3.05, 3.63) is 102 Å². The van der Waals surface area contributed by atoms with Crippen molar-refractivity contribution in [2.45, 2.75) is 32.1 Å². The molecule has 0 aliphatic rings. The molecule has 0 heterocycles. The number of benzene rings is 3. The lowest BCUT2D eigenvalue weighted by Gasteiger charge is -2.14. The number of hydrogen-bond acceptors (Lipinski definition) is 2. The molecule has 3 rings (SSSR count). The van der Waals surface area contributed by atoms with Gasteiger partial charge in [0.2, 0.25) is 0 Å². The second kappa shape index (κ2) is 11.7. The fourth-order valence-electron chi connectivity index (χ4n) is 3.80. The average molecular weight is 429 g/mol. The van der Waals surface area contributed by atoms with Gasteiger partial charge in [0.1, 0.15) is 0 Å². The third kappa shape index (κ3) is 6.95. The van der Waals surface area contributed by atoms with Gasteiger partial charge in [0.05, 0.1) is 5.56 Å². The Balaban J connectivity index is 1.78. The summed E-state index contributed by atoms with van der Waals surface area (Å²) in [5.41, 5.74) is 4.81. The largest absolute Gasteiger partial charge is 0.481 e. The Morgan fingerprint density at radius 1 is 0.812 bits per heavy atom. The van der Waals surface area contributed by atoms with Crippen LogP contribution < -0.4 is 0 Å². The molecule has 0 amide bonds. The lowest BCUT2D eigenvalue weighted by Crippen LogP contribution is -2.04. The van der Waals surface area contributed by atoms with E-state index < -0.39 is 11.9 Å². The summed E-state index contributed by atoms with van der Waals surface area (Å²) in [5.74, 6) is -1.47. The first-order valence-corrected chi connectivity index (χ1v) is 10.9. The summed E-state index contributed by atoms with van der Waals surface area (Å²) in [5, 5.41) is 18.0.